The molecule has 1 aliphatic heterocycles. The third kappa shape index (κ3) is 4.56. The molecule has 7 nitrogen and oxygen atoms in total. The van der Waals surface area contributed by atoms with Crippen molar-refractivity contribution in [2.75, 3.05) is 13.1 Å². The van der Waals surface area contributed by atoms with Gasteiger partial charge in [-0.25, -0.2) is 4.79 Å². The first-order valence-electron chi connectivity index (χ1n) is 10.0. The van der Waals surface area contributed by atoms with Crippen molar-refractivity contribution in [1.82, 2.24) is 0 Å². The highest BCUT2D eigenvalue weighted by atomic mass is 16.5. The maximum Gasteiger partial charge on any atom is 0.526 e. The van der Waals surface area contributed by atoms with Crippen LogP contribution in [0.15, 0.2) is 18.2 Å². The van der Waals surface area contributed by atoms with E-state index in [4.69, 9.17) is 16.1 Å². The predicted octanol–water partition coefficient (Wildman–Crippen LogP) is 1.47. The van der Waals surface area contributed by atoms with Crippen molar-refractivity contribution >= 4 is 18.9 Å². The van der Waals surface area contributed by atoms with Gasteiger partial charge in [-0.1, -0.05) is 12.1 Å². The third-order valence-corrected chi connectivity index (χ3v) is 6.31. The molecule has 1 saturated carbocycles. The van der Waals surface area contributed by atoms with Crippen LogP contribution in [0.2, 0.25) is 5.82 Å². The van der Waals surface area contributed by atoms with Crippen LogP contribution in [-0.2, 0) is 11.2 Å². The number of carbonyl (C=O) groups excluding carboxylic acids is 1. The number of aromatic carboxylic acids is 1. The molecule has 0 unspecified atom stereocenters. The molecule has 0 amide bonds. The summed E-state index contributed by atoms with van der Waals surface area (Å²) < 4.78 is 5.48. The van der Waals surface area contributed by atoms with E-state index < -0.39 is 13.1 Å². The normalized spacial score (nSPS) is 27.0. The highest BCUT2D eigenvalue weighted by molar-refractivity contribution is 6.47. The molecule has 152 valence electrons. The molecule has 8 heteroatoms. The van der Waals surface area contributed by atoms with Gasteiger partial charge >= 0.3 is 13.1 Å². The number of hydrogen-bond donors (Lipinski definition) is 4. The fourth-order valence-electron chi connectivity index (χ4n) is 4.73. The number of Topliss-reactive ketones (excluding diaryl/α,β-unsaturated/α-hetero) is 1. The Morgan fingerprint density at radius 1 is 1.14 bits per heavy atom. The van der Waals surface area contributed by atoms with E-state index in [1.807, 2.05) is 0 Å². The average Bonchev–Trinajstić information content (AvgIpc) is 2.67. The van der Waals surface area contributed by atoms with Gasteiger partial charge in [0.25, 0.3) is 0 Å². The summed E-state index contributed by atoms with van der Waals surface area (Å²) in [5.74, 6) is -0.00637. The summed E-state index contributed by atoms with van der Waals surface area (Å²) in [7, 11) is -1.18. The van der Waals surface area contributed by atoms with Crippen LogP contribution in [-0.4, -0.2) is 42.1 Å². The summed E-state index contributed by atoms with van der Waals surface area (Å²) in [5.41, 5.74) is 12.4. The van der Waals surface area contributed by atoms with E-state index in [2.05, 4.69) is 0 Å². The number of rotatable bonds is 7. The summed E-state index contributed by atoms with van der Waals surface area (Å²) in [4.78, 5) is 24.0. The molecule has 2 aliphatic rings. The molecule has 0 aromatic heterocycles. The molecule has 1 fully saturated rings. The predicted molar refractivity (Wildman–Crippen MR) is 106 cm³/mol. The smallest absolute Gasteiger partial charge is 0.526 e. The van der Waals surface area contributed by atoms with Crippen molar-refractivity contribution in [3.8, 4) is 5.75 Å². The number of carbonyl (C=O) groups is 2. The zero-order valence-corrected chi connectivity index (χ0v) is 16.0. The molecular weight excluding hydrogens is 359 g/mol. The van der Waals surface area contributed by atoms with E-state index in [9.17, 15) is 19.7 Å². The number of nitrogens with two attached hydrogens (primary N) is 2. The SMILES string of the molecule is NC[C@@H]1CC[C@@H](CC(=O)C[C@H]2Cc3cccc(C(=O)O)c3OB2O)C[C@H]1CN. The zero-order chi connectivity index (χ0) is 20.3. The number of hydrogen-bond acceptors (Lipinski definition) is 6. The molecule has 0 spiro atoms. The lowest BCUT2D eigenvalue weighted by Crippen LogP contribution is -2.37. The Hall–Kier alpha value is -1.90. The Labute approximate surface area is 165 Å². The van der Waals surface area contributed by atoms with Gasteiger partial charge in [-0.3, -0.25) is 4.79 Å². The molecule has 0 saturated heterocycles. The lowest BCUT2D eigenvalue weighted by atomic mass is 9.63. The Bertz CT molecular complexity index is 729. The second-order valence-electron chi connectivity index (χ2n) is 8.19. The first kappa shape index (κ1) is 20.8. The van der Waals surface area contributed by atoms with Crippen molar-refractivity contribution in [1.29, 1.82) is 0 Å². The van der Waals surface area contributed by atoms with Crippen molar-refractivity contribution in [2.24, 2.45) is 29.2 Å². The van der Waals surface area contributed by atoms with Crippen LogP contribution in [0.4, 0.5) is 0 Å². The van der Waals surface area contributed by atoms with Gasteiger partial charge in [0, 0.05) is 18.7 Å². The molecular formula is C20H29BN2O5. The molecule has 1 aromatic rings. The van der Waals surface area contributed by atoms with E-state index in [1.165, 1.54) is 6.07 Å². The van der Waals surface area contributed by atoms with Crippen LogP contribution in [0.1, 0.15) is 48.0 Å². The average molecular weight is 388 g/mol. The van der Waals surface area contributed by atoms with Crippen LogP contribution in [0.5, 0.6) is 5.75 Å². The number of fused-ring (bicyclic) bond motifs is 1. The maximum absolute atomic E-state index is 12.6. The highest BCUT2D eigenvalue weighted by Gasteiger charge is 2.38. The fourth-order valence-corrected chi connectivity index (χ4v) is 4.73. The Balaban J connectivity index is 1.59. The van der Waals surface area contributed by atoms with Gasteiger partial charge in [0.1, 0.15) is 11.5 Å². The van der Waals surface area contributed by atoms with Crippen LogP contribution < -0.4 is 16.1 Å². The summed E-state index contributed by atoms with van der Waals surface area (Å²) in [6.45, 7) is 1.25. The highest BCUT2D eigenvalue weighted by Crippen LogP contribution is 2.38. The van der Waals surface area contributed by atoms with Crippen LogP contribution in [0.3, 0.4) is 0 Å². The second kappa shape index (κ2) is 9.07. The quantitative estimate of drug-likeness (QED) is 0.519. The molecule has 28 heavy (non-hydrogen) atoms. The van der Waals surface area contributed by atoms with E-state index in [0.29, 0.717) is 43.7 Å². The standard InChI is InChI=1S/C20H29BN2O5/c22-10-14-5-4-12(6-15(14)11-23)7-17(24)9-16-8-13-2-1-3-18(20(25)26)19(13)28-21(16)27/h1-3,12,14-16,27H,4-11,22-23H2,(H,25,26)/t12-,14+,15+,16-/m1/s1. The van der Waals surface area contributed by atoms with Gasteiger partial charge in [-0.05, 0) is 68.2 Å². The molecule has 1 heterocycles. The number of benzene rings is 1. The van der Waals surface area contributed by atoms with Gasteiger partial charge in [0.15, 0.2) is 0 Å². The first-order chi connectivity index (χ1) is 13.4. The fraction of sp³-hybridized carbons (Fsp3) is 0.600. The summed E-state index contributed by atoms with van der Waals surface area (Å²) in [5, 5.41) is 19.6. The Morgan fingerprint density at radius 3 is 2.57 bits per heavy atom. The van der Waals surface area contributed by atoms with Crippen molar-refractivity contribution < 1.29 is 24.4 Å². The largest absolute Gasteiger partial charge is 0.535 e. The van der Waals surface area contributed by atoms with Gasteiger partial charge < -0.3 is 26.3 Å². The number of para-hydroxylation sites is 1. The lowest BCUT2D eigenvalue weighted by Gasteiger charge is -2.35. The van der Waals surface area contributed by atoms with E-state index in [0.717, 1.165) is 24.8 Å². The van der Waals surface area contributed by atoms with Crippen molar-refractivity contribution in [2.45, 2.75) is 44.3 Å². The molecule has 3 rings (SSSR count). The van der Waals surface area contributed by atoms with Crippen molar-refractivity contribution in [3.05, 3.63) is 29.3 Å². The van der Waals surface area contributed by atoms with Gasteiger partial charge in [0.05, 0.1) is 5.56 Å². The summed E-state index contributed by atoms with van der Waals surface area (Å²) >= 11 is 0. The third-order valence-electron chi connectivity index (χ3n) is 6.31. The first-order valence-corrected chi connectivity index (χ1v) is 10.0. The van der Waals surface area contributed by atoms with E-state index in [1.54, 1.807) is 12.1 Å². The van der Waals surface area contributed by atoms with Crippen LogP contribution in [0, 0.1) is 17.8 Å². The topological polar surface area (TPSA) is 136 Å². The van der Waals surface area contributed by atoms with E-state index >= 15 is 0 Å². The molecule has 6 N–H and O–H groups in total. The minimum atomic E-state index is -1.18. The van der Waals surface area contributed by atoms with Crippen molar-refractivity contribution in [3.63, 3.8) is 0 Å². The molecule has 0 bridgehead atoms. The van der Waals surface area contributed by atoms with Gasteiger partial charge in [0.2, 0.25) is 0 Å². The molecule has 4 atom stereocenters. The van der Waals surface area contributed by atoms with Crippen LogP contribution >= 0.6 is 0 Å². The maximum atomic E-state index is 12.6. The van der Waals surface area contributed by atoms with Crippen LogP contribution in [0.25, 0.3) is 0 Å². The number of carboxylic acid groups (broad SMARTS) is 1. The lowest BCUT2D eigenvalue weighted by molar-refractivity contribution is -0.120. The van der Waals surface area contributed by atoms with Gasteiger partial charge in [-0.15, -0.1) is 0 Å². The zero-order valence-electron chi connectivity index (χ0n) is 16.0. The second-order valence-corrected chi connectivity index (χ2v) is 8.19. The molecule has 1 aromatic carbocycles. The minimum absolute atomic E-state index is 0.0332. The summed E-state index contributed by atoms with van der Waals surface area (Å²) in [6.07, 6.45) is 4.06. The minimum Gasteiger partial charge on any atom is -0.535 e. The molecule has 1 aliphatic carbocycles. The number of ketones is 1. The Kier molecular flexibility index (Phi) is 6.75. The summed E-state index contributed by atoms with van der Waals surface area (Å²) in [6, 6.07) is 4.89. The monoisotopic (exact) mass is 388 g/mol. The number of carboxylic acids is 1. The molecule has 0 radical (unpaired) electrons. The van der Waals surface area contributed by atoms with E-state index in [-0.39, 0.29) is 29.3 Å². The van der Waals surface area contributed by atoms with Gasteiger partial charge in [-0.2, -0.15) is 0 Å². The Morgan fingerprint density at radius 2 is 1.89 bits per heavy atom.